The van der Waals surface area contributed by atoms with Crippen molar-refractivity contribution >= 4 is 21.4 Å². The third-order valence-electron chi connectivity index (χ3n) is 5.15. The van der Waals surface area contributed by atoms with E-state index in [1.165, 1.54) is 12.1 Å². The summed E-state index contributed by atoms with van der Waals surface area (Å²) in [7, 11) is -4.68. The predicted molar refractivity (Wildman–Crippen MR) is 85.5 cm³/mol. The molecule has 1 heterocycles. The Kier molecular flexibility index (Phi) is 4.61. The first-order valence-electron chi connectivity index (χ1n) is 8.00. The molecule has 0 unspecified atom stereocenters. The van der Waals surface area contributed by atoms with Crippen LogP contribution in [0.2, 0.25) is 0 Å². The van der Waals surface area contributed by atoms with Crippen molar-refractivity contribution in [3.05, 3.63) is 24.3 Å². The molecule has 1 saturated carbocycles. The highest BCUT2D eigenvalue weighted by molar-refractivity contribution is 7.91. The molecule has 1 aromatic carbocycles. The molecule has 1 aromatic rings. The van der Waals surface area contributed by atoms with Gasteiger partial charge in [-0.25, -0.2) is 8.42 Å². The molecule has 2 fully saturated rings. The summed E-state index contributed by atoms with van der Waals surface area (Å²) in [4.78, 5) is 12.3. The van der Waals surface area contributed by atoms with E-state index in [-0.39, 0.29) is 17.5 Å². The summed E-state index contributed by atoms with van der Waals surface area (Å²) in [6.07, 6.45) is 3.85. The molecule has 0 aromatic heterocycles. The topological polar surface area (TPSA) is 75.3 Å². The highest BCUT2D eigenvalue weighted by Gasteiger charge is 2.49. The van der Waals surface area contributed by atoms with Gasteiger partial charge in [-0.3, -0.25) is 4.79 Å². The van der Waals surface area contributed by atoms with Gasteiger partial charge < -0.3 is 10.6 Å². The maximum Gasteiger partial charge on any atom is 0.341 e. The van der Waals surface area contributed by atoms with Gasteiger partial charge in [0.2, 0.25) is 15.7 Å². The van der Waals surface area contributed by atoms with E-state index in [0.29, 0.717) is 6.54 Å². The summed E-state index contributed by atoms with van der Waals surface area (Å²) >= 11 is 0. The van der Waals surface area contributed by atoms with Gasteiger partial charge in [-0.15, -0.1) is 0 Å². The summed E-state index contributed by atoms with van der Waals surface area (Å²) in [6, 6.07) is 5.07. The van der Waals surface area contributed by atoms with Gasteiger partial charge in [-0.2, -0.15) is 8.78 Å². The van der Waals surface area contributed by atoms with Crippen molar-refractivity contribution < 1.29 is 22.0 Å². The summed E-state index contributed by atoms with van der Waals surface area (Å²) in [5.74, 6) is -3.38. The Morgan fingerprint density at radius 1 is 1.33 bits per heavy atom. The predicted octanol–water partition coefficient (Wildman–Crippen LogP) is 2.40. The summed E-state index contributed by atoms with van der Waals surface area (Å²) in [5, 5.41) is 6.00. The van der Waals surface area contributed by atoms with Crippen molar-refractivity contribution in [1.29, 1.82) is 0 Å². The van der Waals surface area contributed by atoms with Gasteiger partial charge in [0.05, 0.1) is 10.3 Å². The van der Waals surface area contributed by atoms with Crippen molar-refractivity contribution in [2.75, 3.05) is 18.4 Å². The third kappa shape index (κ3) is 2.93. The van der Waals surface area contributed by atoms with Crippen molar-refractivity contribution in [3.8, 4) is 0 Å². The van der Waals surface area contributed by atoms with Crippen LogP contribution in [0.15, 0.2) is 29.2 Å². The van der Waals surface area contributed by atoms with Crippen LogP contribution in [0, 0.1) is 11.3 Å². The molecular weight excluding hydrogens is 338 g/mol. The minimum absolute atomic E-state index is 0.163. The number of hydrogen-bond donors (Lipinski definition) is 2. The molecule has 3 rings (SSSR count). The number of carbonyl (C=O) groups excluding carboxylic acids is 1. The number of halogens is 2. The fourth-order valence-electron chi connectivity index (χ4n) is 3.80. The second kappa shape index (κ2) is 6.40. The average molecular weight is 358 g/mol. The van der Waals surface area contributed by atoms with Crippen LogP contribution in [0.5, 0.6) is 0 Å². The molecule has 8 heteroatoms. The number of benzene rings is 1. The van der Waals surface area contributed by atoms with Gasteiger partial charge in [0.1, 0.15) is 0 Å². The van der Waals surface area contributed by atoms with Crippen molar-refractivity contribution in [2.24, 2.45) is 11.3 Å². The number of anilines is 1. The molecule has 0 bridgehead atoms. The van der Waals surface area contributed by atoms with Crippen LogP contribution in [0.1, 0.15) is 25.7 Å². The molecule has 5 nitrogen and oxygen atoms in total. The normalized spacial score (nSPS) is 27.0. The maximum atomic E-state index is 12.8. The van der Waals surface area contributed by atoms with Crippen LogP contribution in [0.4, 0.5) is 14.5 Å². The summed E-state index contributed by atoms with van der Waals surface area (Å²) < 4.78 is 48.5. The Morgan fingerprint density at radius 2 is 2.12 bits per heavy atom. The van der Waals surface area contributed by atoms with E-state index in [1.807, 2.05) is 0 Å². The first kappa shape index (κ1) is 17.3. The van der Waals surface area contributed by atoms with Crippen LogP contribution >= 0.6 is 0 Å². The Hall–Kier alpha value is -1.54. The Balaban J connectivity index is 1.83. The first-order valence-corrected chi connectivity index (χ1v) is 9.55. The van der Waals surface area contributed by atoms with E-state index < -0.39 is 25.9 Å². The minimum Gasteiger partial charge on any atom is -0.326 e. The van der Waals surface area contributed by atoms with Crippen LogP contribution < -0.4 is 10.6 Å². The van der Waals surface area contributed by atoms with Crippen LogP contribution in [-0.4, -0.2) is 33.2 Å². The summed E-state index contributed by atoms with van der Waals surface area (Å²) in [6.45, 7) is 1.39. The Bertz CT molecular complexity index is 739. The second-order valence-corrected chi connectivity index (χ2v) is 8.44. The number of nitrogens with one attached hydrogen (secondary N) is 2. The lowest BCUT2D eigenvalue weighted by Crippen LogP contribution is -2.44. The molecule has 2 aliphatic rings. The largest absolute Gasteiger partial charge is 0.341 e. The molecular formula is C16H20F2N2O3S. The van der Waals surface area contributed by atoms with Crippen LogP contribution in [0.3, 0.4) is 0 Å². The molecule has 24 heavy (non-hydrogen) atoms. The smallest absolute Gasteiger partial charge is 0.326 e. The Morgan fingerprint density at radius 3 is 2.88 bits per heavy atom. The van der Waals surface area contributed by atoms with Crippen LogP contribution in [0.25, 0.3) is 0 Å². The lowest BCUT2D eigenvalue weighted by Gasteiger charge is -2.37. The molecule has 132 valence electrons. The van der Waals surface area contributed by atoms with E-state index in [4.69, 9.17) is 0 Å². The second-order valence-electron chi connectivity index (χ2n) is 6.52. The third-order valence-corrected chi connectivity index (χ3v) is 6.53. The van der Waals surface area contributed by atoms with Gasteiger partial charge in [0.15, 0.2) is 0 Å². The number of rotatable bonds is 4. The molecule has 1 amide bonds. The zero-order valence-corrected chi connectivity index (χ0v) is 13.9. The highest BCUT2D eigenvalue weighted by Crippen LogP contribution is 2.44. The number of carbonyl (C=O) groups is 1. The number of amides is 1. The number of hydrogen-bond acceptors (Lipinski definition) is 4. The quantitative estimate of drug-likeness (QED) is 0.867. The number of sulfone groups is 1. The number of alkyl halides is 2. The van der Waals surface area contributed by atoms with Crippen molar-refractivity contribution in [2.45, 2.75) is 36.3 Å². The van der Waals surface area contributed by atoms with Crippen molar-refractivity contribution in [1.82, 2.24) is 5.32 Å². The molecule has 1 aliphatic heterocycles. The van der Waals surface area contributed by atoms with Gasteiger partial charge in [-0.05, 0) is 43.5 Å². The molecule has 1 saturated heterocycles. The van der Waals surface area contributed by atoms with Gasteiger partial charge in [-0.1, -0.05) is 18.9 Å². The van der Waals surface area contributed by atoms with Crippen molar-refractivity contribution in [3.63, 3.8) is 0 Å². The Labute approximate surface area is 139 Å². The first-order chi connectivity index (χ1) is 11.4. The molecule has 2 N–H and O–H groups in total. The fourth-order valence-corrected chi connectivity index (χ4v) is 4.56. The number of fused-ring (bicyclic) bond motifs is 1. The highest BCUT2D eigenvalue weighted by atomic mass is 32.2. The standard InChI is InChI=1S/C16H20F2N2O3S/c17-15(18)24(22,23)13-6-3-5-12(8-13)20-14(21)16-7-2-1-4-11(16)9-19-10-16/h3,5-6,8,11,15,19H,1-2,4,7,9-10H2,(H,20,21)/t11-,16+/m0/s1. The SMILES string of the molecule is O=C(Nc1cccc(S(=O)(=O)C(F)F)c1)[C@@]12CCCC[C@H]1CNC2. The van der Waals surface area contributed by atoms with E-state index in [0.717, 1.165) is 44.4 Å². The fraction of sp³-hybridized carbons (Fsp3) is 0.562. The zero-order valence-electron chi connectivity index (χ0n) is 13.1. The van der Waals surface area contributed by atoms with Gasteiger partial charge in [0.25, 0.3) is 0 Å². The monoisotopic (exact) mass is 358 g/mol. The lowest BCUT2D eigenvalue weighted by atomic mass is 9.67. The van der Waals surface area contributed by atoms with Gasteiger partial charge >= 0.3 is 5.76 Å². The molecule has 2 atom stereocenters. The summed E-state index contributed by atoms with van der Waals surface area (Å²) in [5.41, 5.74) is -0.261. The van der Waals surface area contributed by atoms with E-state index in [9.17, 15) is 22.0 Å². The lowest BCUT2D eigenvalue weighted by molar-refractivity contribution is -0.128. The molecule has 0 spiro atoms. The van der Waals surface area contributed by atoms with Gasteiger partial charge in [0, 0.05) is 12.2 Å². The molecule has 0 radical (unpaired) electrons. The van der Waals surface area contributed by atoms with Crippen LogP contribution in [-0.2, 0) is 14.6 Å². The zero-order chi connectivity index (χ0) is 17.4. The molecule has 1 aliphatic carbocycles. The minimum atomic E-state index is -4.68. The maximum absolute atomic E-state index is 12.8. The van der Waals surface area contributed by atoms with E-state index in [2.05, 4.69) is 10.6 Å². The van der Waals surface area contributed by atoms with E-state index >= 15 is 0 Å². The average Bonchev–Trinajstić information content (AvgIpc) is 3.00. The van der Waals surface area contributed by atoms with E-state index in [1.54, 1.807) is 0 Å².